The van der Waals surface area contributed by atoms with Crippen LogP contribution >= 0.6 is 0 Å². The molecule has 5 aliphatic carbocycles. The van der Waals surface area contributed by atoms with E-state index >= 15 is 0 Å². The van der Waals surface area contributed by atoms with Gasteiger partial charge in [0.15, 0.2) is 6.29 Å². The Kier molecular flexibility index (Phi) is 11.4. The van der Waals surface area contributed by atoms with Crippen LogP contribution in [0.4, 0.5) is 0 Å². The number of carboxylic acids is 1. The minimum Gasteiger partial charge on any atom is -0.481 e. The zero-order valence-corrected chi connectivity index (χ0v) is 33.9. The molecule has 7 aliphatic rings. The van der Waals surface area contributed by atoms with E-state index in [-0.39, 0.29) is 45.8 Å². The van der Waals surface area contributed by atoms with Crippen molar-refractivity contribution in [3.8, 4) is 0 Å². The molecular formula is C42H66O15. The second-order valence-corrected chi connectivity index (χ2v) is 19.9. The van der Waals surface area contributed by atoms with Crippen molar-refractivity contribution < 1.29 is 74.5 Å². The van der Waals surface area contributed by atoms with Crippen LogP contribution in [-0.4, -0.2) is 139 Å². The van der Waals surface area contributed by atoms with E-state index < -0.39 is 103 Å². The van der Waals surface area contributed by atoms with Gasteiger partial charge in [0, 0.05) is 0 Å². The highest BCUT2D eigenvalue weighted by molar-refractivity contribution is 5.78. The lowest BCUT2D eigenvalue weighted by Crippen LogP contribution is -2.68. The van der Waals surface area contributed by atoms with Gasteiger partial charge in [-0.1, -0.05) is 32.9 Å². The van der Waals surface area contributed by atoms with E-state index in [0.717, 1.165) is 44.1 Å². The molecule has 5 saturated carbocycles. The van der Waals surface area contributed by atoms with Crippen molar-refractivity contribution >= 4 is 11.9 Å². The Morgan fingerprint density at radius 1 is 0.702 bits per heavy atom. The lowest BCUT2D eigenvalue weighted by Gasteiger charge is -2.72. The molecule has 0 radical (unpaired) electrons. The molecule has 0 unspecified atom stereocenters. The molecule has 0 aromatic rings. The highest BCUT2D eigenvalue weighted by atomic mass is 16.7. The molecular weight excluding hydrogens is 744 g/mol. The van der Waals surface area contributed by atoms with Crippen molar-refractivity contribution in [1.82, 2.24) is 0 Å². The predicted molar refractivity (Wildman–Crippen MR) is 199 cm³/mol. The van der Waals surface area contributed by atoms with Crippen LogP contribution in [-0.2, 0) is 28.5 Å². The van der Waals surface area contributed by atoms with Crippen molar-refractivity contribution in [2.45, 2.75) is 166 Å². The maximum Gasteiger partial charge on any atom is 0.314 e. The van der Waals surface area contributed by atoms with Crippen molar-refractivity contribution in [2.75, 3.05) is 13.2 Å². The number of hydrogen-bond donors (Lipinski definition) is 9. The second-order valence-electron chi connectivity index (χ2n) is 19.9. The predicted octanol–water partition coefficient (Wildman–Crippen LogP) is 1.24. The molecule has 0 aromatic heterocycles. The first-order valence-corrected chi connectivity index (χ1v) is 21.0. The summed E-state index contributed by atoms with van der Waals surface area (Å²) in [6.07, 6.45) is -10.2. The molecule has 15 nitrogen and oxygen atoms in total. The quantitative estimate of drug-likeness (QED) is 0.124. The number of rotatable bonds is 8. The molecule has 0 spiro atoms. The van der Waals surface area contributed by atoms with Gasteiger partial charge in [-0.25, -0.2) is 0 Å². The Balaban J connectivity index is 1.12. The van der Waals surface area contributed by atoms with Gasteiger partial charge in [-0.2, -0.15) is 0 Å². The minimum atomic E-state index is -1.80. The van der Waals surface area contributed by atoms with Gasteiger partial charge in [0.05, 0.1) is 30.1 Å². The zero-order chi connectivity index (χ0) is 41.8. The number of carboxylic acid groups (broad SMARTS) is 1. The Morgan fingerprint density at radius 3 is 1.96 bits per heavy atom. The van der Waals surface area contributed by atoms with Gasteiger partial charge in [-0.15, -0.1) is 0 Å². The van der Waals surface area contributed by atoms with Gasteiger partial charge in [0.1, 0.15) is 48.8 Å². The Morgan fingerprint density at radius 2 is 1.33 bits per heavy atom. The average Bonchev–Trinajstić information content (AvgIpc) is 3.57. The molecule has 7 fully saturated rings. The largest absolute Gasteiger partial charge is 0.481 e. The fourth-order valence-corrected chi connectivity index (χ4v) is 14.2. The van der Waals surface area contributed by atoms with Gasteiger partial charge in [0.2, 0.25) is 6.29 Å². The van der Waals surface area contributed by atoms with Crippen LogP contribution in [0.3, 0.4) is 0 Å². The fraction of sp³-hybridized carbons (Fsp3) is 0.905. The minimum absolute atomic E-state index is 0.0266. The SMILES string of the molecule is C=C(C)[C@@H]1CC[C@]2(C(=O)O[C@@H]3O[C@H](CO[C@@H]4O[C@H](CO)[C@@H](O)[C@H](O)[C@H]4O)[C@@H](O)[C@H](O)[C@H]3O)CC[C@]3(C)[C@H](CC[C@@H]4[C@@]5(C)CC[C@@H](O)[C@@](C)(C(=O)O)[C@@H]5CC[C@]43C)[C@@H]12. The fourth-order valence-electron chi connectivity index (χ4n) is 14.2. The summed E-state index contributed by atoms with van der Waals surface area (Å²) in [6, 6.07) is 0. The van der Waals surface area contributed by atoms with E-state index in [9.17, 15) is 55.5 Å². The summed E-state index contributed by atoms with van der Waals surface area (Å²) >= 11 is 0. The number of hydrogen-bond acceptors (Lipinski definition) is 14. The number of aliphatic hydroxyl groups excluding tert-OH is 8. The third kappa shape index (κ3) is 6.22. The molecule has 9 N–H and O–H groups in total. The lowest BCUT2D eigenvalue weighted by molar-refractivity contribution is -0.328. The first kappa shape index (κ1) is 43.3. The number of carbonyl (C=O) groups excluding carboxylic acids is 1. The van der Waals surface area contributed by atoms with Crippen LogP contribution in [0.1, 0.15) is 98.8 Å². The summed E-state index contributed by atoms with van der Waals surface area (Å²) < 4.78 is 22.9. The summed E-state index contributed by atoms with van der Waals surface area (Å²) in [5, 5.41) is 94.6. The van der Waals surface area contributed by atoms with Crippen molar-refractivity contribution in [2.24, 2.45) is 56.7 Å². The van der Waals surface area contributed by atoms with Crippen molar-refractivity contribution in [3.05, 3.63) is 12.2 Å². The second kappa shape index (κ2) is 15.0. The Bertz CT molecular complexity index is 1560. The van der Waals surface area contributed by atoms with Crippen molar-refractivity contribution in [3.63, 3.8) is 0 Å². The molecule has 57 heavy (non-hydrogen) atoms. The van der Waals surface area contributed by atoms with Crippen LogP contribution in [0.2, 0.25) is 0 Å². The van der Waals surface area contributed by atoms with Gasteiger partial charge in [-0.05, 0) is 124 Å². The van der Waals surface area contributed by atoms with E-state index in [1.54, 1.807) is 6.92 Å². The number of esters is 1. The zero-order valence-electron chi connectivity index (χ0n) is 33.9. The van der Waals surface area contributed by atoms with Crippen LogP contribution in [0.5, 0.6) is 0 Å². The summed E-state index contributed by atoms with van der Waals surface area (Å²) in [5.41, 5.74) is -1.85. The maximum absolute atomic E-state index is 14.8. The van der Waals surface area contributed by atoms with Crippen LogP contribution in [0, 0.1) is 56.7 Å². The Hall–Kier alpha value is -1.76. The summed E-state index contributed by atoms with van der Waals surface area (Å²) in [6.45, 7) is 13.9. The van der Waals surface area contributed by atoms with Crippen LogP contribution in [0.15, 0.2) is 12.2 Å². The number of aliphatic hydroxyl groups is 8. The van der Waals surface area contributed by atoms with Gasteiger partial charge in [-0.3, -0.25) is 9.59 Å². The van der Waals surface area contributed by atoms with E-state index in [4.69, 9.17) is 18.9 Å². The molecule has 21 atom stereocenters. The first-order valence-electron chi connectivity index (χ1n) is 21.0. The van der Waals surface area contributed by atoms with Gasteiger partial charge >= 0.3 is 11.9 Å². The maximum atomic E-state index is 14.8. The summed E-state index contributed by atoms with van der Waals surface area (Å²) in [5.74, 6) is -1.44. The van der Waals surface area contributed by atoms with Crippen LogP contribution in [0.25, 0.3) is 0 Å². The highest BCUT2D eigenvalue weighted by Crippen LogP contribution is 2.77. The highest BCUT2D eigenvalue weighted by Gasteiger charge is 2.73. The van der Waals surface area contributed by atoms with Gasteiger partial charge < -0.3 is 64.9 Å². The monoisotopic (exact) mass is 810 g/mol. The van der Waals surface area contributed by atoms with E-state index in [0.29, 0.717) is 25.7 Å². The number of aliphatic carboxylic acids is 1. The van der Waals surface area contributed by atoms with Crippen LogP contribution < -0.4 is 0 Å². The van der Waals surface area contributed by atoms with E-state index in [2.05, 4.69) is 27.4 Å². The molecule has 324 valence electrons. The molecule has 0 bridgehead atoms. The molecule has 0 amide bonds. The topological polar surface area (TPSA) is 253 Å². The third-order valence-corrected chi connectivity index (χ3v) is 17.7. The molecule has 7 rings (SSSR count). The first-order chi connectivity index (χ1) is 26.6. The Labute approximate surface area is 334 Å². The summed E-state index contributed by atoms with van der Waals surface area (Å²) in [7, 11) is 0. The standard InChI is InChI=1S/C42H66O15/c1-19(2)20-9-14-42(37(53)57-35-33(50)31(48)29(46)23(56-35)18-54-34-32(49)30(47)28(45)22(17-43)55-34)16-15-39(4)21(27(20)42)7-8-24-38(3)12-11-26(44)41(6,36(51)52)25(38)10-13-40(24,39)5/h20-35,43-50H,1,7-18H2,2-6H3,(H,51,52)/t20-,21+,22+,23+,24+,25+,26+,27+,28+,29+,30-,31-,32+,33+,34+,35-,38+,39+,40+,41-,42-/m0/s1. The van der Waals surface area contributed by atoms with E-state index in [1.165, 1.54) is 0 Å². The normalized spacial score (nSPS) is 54.8. The molecule has 15 heteroatoms. The molecule has 2 heterocycles. The number of ether oxygens (including phenoxy) is 4. The van der Waals surface area contributed by atoms with Crippen molar-refractivity contribution in [1.29, 1.82) is 0 Å². The number of carbonyl (C=O) groups is 2. The van der Waals surface area contributed by atoms with E-state index in [1.807, 2.05) is 6.92 Å². The average molecular weight is 811 g/mol. The summed E-state index contributed by atoms with van der Waals surface area (Å²) in [4.78, 5) is 27.6. The number of fused-ring (bicyclic) bond motifs is 7. The number of allylic oxidation sites excluding steroid dienone is 1. The molecule has 2 aliphatic heterocycles. The van der Waals surface area contributed by atoms with Gasteiger partial charge in [0.25, 0.3) is 0 Å². The molecule has 2 saturated heterocycles. The smallest absolute Gasteiger partial charge is 0.314 e. The molecule has 0 aromatic carbocycles. The third-order valence-electron chi connectivity index (χ3n) is 17.7. The lowest BCUT2D eigenvalue weighted by atomic mass is 9.32.